The minimum Gasteiger partial charge on any atom is -0.491 e. The maximum absolute atomic E-state index is 12.7. The van der Waals surface area contributed by atoms with Crippen molar-refractivity contribution in [3.05, 3.63) is 40.3 Å². The Labute approximate surface area is 138 Å². The summed E-state index contributed by atoms with van der Waals surface area (Å²) in [7, 11) is 0. The fourth-order valence-electron chi connectivity index (χ4n) is 2.80. The Morgan fingerprint density at radius 2 is 2.08 bits per heavy atom. The van der Waals surface area contributed by atoms with Gasteiger partial charge in [0, 0.05) is 12.6 Å². The Morgan fingerprint density at radius 1 is 1.29 bits per heavy atom. The summed E-state index contributed by atoms with van der Waals surface area (Å²) in [6.07, 6.45) is 1.68. The van der Waals surface area contributed by atoms with Gasteiger partial charge in [0.25, 0.3) is 5.56 Å². The van der Waals surface area contributed by atoms with E-state index in [2.05, 4.69) is 5.10 Å². The van der Waals surface area contributed by atoms with Crippen LogP contribution in [0.25, 0.3) is 16.6 Å². The smallest absolute Gasteiger partial charge is 0.356 e. The van der Waals surface area contributed by atoms with E-state index < -0.39 is 5.97 Å². The Balaban J connectivity index is 2.43. The van der Waals surface area contributed by atoms with Crippen molar-refractivity contribution in [2.75, 3.05) is 6.61 Å². The molecule has 1 N–H and O–H groups in total. The molecule has 0 aliphatic rings. The van der Waals surface area contributed by atoms with Crippen LogP contribution in [0.15, 0.2) is 29.1 Å². The quantitative estimate of drug-likeness (QED) is 0.751. The van der Waals surface area contributed by atoms with Gasteiger partial charge in [-0.2, -0.15) is 9.61 Å². The molecular formula is C17H19N3O4. The number of carboxylic acid groups (broad SMARTS) is 1. The van der Waals surface area contributed by atoms with E-state index in [0.29, 0.717) is 35.5 Å². The van der Waals surface area contributed by atoms with Gasteiger partial charge < -0.3 is 14.4 Å². The lowest BCUT2D eigenvalue weighted by Gasteiger charge is -2.15. The highest BCUT2D eigenvalue weighted by Gasteiger charge is 2.18. The molecule has 7 heteroatoms. The average molecular weight is 329 g/mol. The number of benzene rings is 1. The molecule has 3 rings (SSSR count). The number of rotatable bonds is 6. The molecule has 0 spiro atoms. The molecule has 1 aromatic carbocycles. The summed E-state index contributed by atoms with van der Waals surface area (Å²) in [5, 5.41) is 13.6. The van der Waals surface area contributed by atoms with Crippen LogP contribution < -0.4 is 10.3 Å². The van der Waals surface area contributed by atoms with Crippen LogP contribution >= 0.6 is 0 Å². The van der Waals surface area contributed by atoms with Gasteiger partial charge in [-0.25, -0.2) is 4.79 Å². The van der Waals surface area contributed by atoms with Gasteiger partial charge in [0.2, 0.25) is 0 Å². The summed E-state index contributed by atoms with van der Waals surface area (Å²) in [5.41, 5.74) is 0.645. The first kappa shape index (κ1) is 16.0. The third-order valence-electron chi connectivity index (χ3n) is 3.79. The zero-order chi connectivity index (χ0) is 17.3. The molecule has 0 bridgehead atoms. The predicted molar refractivity (Wildman–Crippen MR) is 90.0 cm³/mol. The van der Waals surface area contributed by atoms with Crippen LogP contribution in [0.1, 0.15) is 37.2 Å². The second-order valence-corrected chi connectivity index (χ2v) is 5.56. The number of aryl methyl sites for hydroxylation is 1. The zero-order valence-electron chi connectivity index (χ0n) is 13.7. The van der Waals surface area contributed by atoms with Gasteiger partial charge in [0.15, 0.2) is 5.69 Å². The van der Waals surface area contributed by atoms with Crippen molar-refractivity contribution in [3.8, 4) is 5.75 Å². The first-order valence-corrected chi connectivity index (χ1v) is 7.99. The molecule has 24 heavy (non-hydrogen) atoms. The monoisotopic (exact) mass is 329 g/mol. The molecule has 0 unspecified atom stereocenters. The topological polar surface area (TPSA) is 85.8 Å². The highest BCUT2D eigenvalue weighted by molar-refractivity contribution is 5.89. The van der Waals surface area contributed by atoms with Crippen LogP contribution in [0.4, 0.5) is 0 Å². The van der Waals surface area contributed by atoms with Gasteiger partial charge in [-0.15, -0.1) is 0 Å². The molecule has 0 saturated heterocycles. The second-order valence-electron chi connectivity index (χ2n) is 5.56. The summed E-state index contributed by atoms with van der Waals surface area (Å²) in [6.45, 7) is 5.20. The predicted octanol–water partition coefficient (Wildman–Crippen LogP) is 2.55. The number of para-hydroxylation sites is 1. The molecule has 0 fully saturated rings. The number of aromatic nitrogens is 3. The van der Waals surface area contributed by atoms with Gasteiger partial charge in [0.1, 0.15) is 11.4 Å². The molecule has 7 nitrogen and oxygen atoms in total. The highest BCUT2D eigenvalue weighted by Crippen LogP contribution is 2.26. The van der Waals surface area contributed by atoms with E-state index in [1.165, 1.54) is 6.07 Å². The van der Waals surface area contributed by atoms with Crippen LogP contribution in [0.2, 0.25) is 0 Å². The Bertz CT molecular complexity index is 971. The van der Waals surface area contributed by atoms with Crippen LogP contribution in [-0.4, -0.2) is 31.9 Å². The van der Waals surface area contributed by atoms with E-state index in [0.717, 1.165) is 17.4 Å². The van der Waals surface area contributed by atoms with Gasteiger partial charge in [-0.3, -0.25) is 4.79 Å². The molecule has 2 aromatic heterocycles. The maximum atomic E-state index is 12.7. The maximum Gasteiger partial charge on any atom is 0.356 e. The van der Waals surface area contributed by atoms with Gasteiger partial charge >= 0.3 is 5.97 Å². The van der Waals surface area contributed by atoms with E-state index in [1.54, 1.807) is 12.1 Å². The minimum absolute atomic E-state index is 0.150. The number of fused-ring (bicyclic) bond motifs is 2. The molecular weight excluding hydrogens is 310 g/mol. The highest BCUT2D eigenvalue weighted by atomic mass is 16.5. The van der Waals surface area contributed by atoms with E-state index >= 15 is 0 Å². The minimum atomic E-state index is -1.16. The lowest BCUT2D eigenvalue weighted by atomic mass is 10.2. The summed E-state index contributed by atoms with van der Waals surface area (Å²) in [4.78, 5) is 24.0. The van der Waals surface area contributed by atoms with Crippen molar-refractivity contribution in [2.45, 2.75) is 33.2 Å². The lowest BCUT2D eigenvalue weighted by Crippen LogP contribution is -2.20. The average Bonchev–Trinajstić information content (AvgIpc) is 3.02. The molecule has 0 amide bonds. The van der Waals surface area contributed by atoms with E-state index in [-0.39, 0.29) is 11.3 Å². The molecule has 0 saturated carbocycles. The number of carboxylic acids is 1. The van der Waals surface area contributed by atoms with Crippen LogP contribution in [0.5, 0.6) is 5.75 Å². The largest absolute Gasteiger partial charge is 0.491 e. The second kappa shape index (κ2) is 6.35. The molecule has 0 radical (unpaired) electrons. The lowest BCUT2D eigenvalue weighted by molar-refractivity contribution is 0.0690. The SMILES string of the molecule is CCCOc1cccc2c(=O)n3nc(C(=O)O)cc3n(CCC)c12. The normalized spacial score (nSPS) is 11.2. The fourth-order valence-corrected chi connectivity index (χ4v) is 2.80. The van der Waals surface area contributed by atoms with Crippen molar-refractivity contribution in [2.24, 2.45) is 0 Å². The van der Waals surface area contributed by atoms with Crippen molar-refractivity contribution >= 4 is 22.5 Å². The van der Waals surface area contributed by atoms with Crippen molar-refractivity contribution < 1.29 is 14.6 Å². The number of aromatic carboxylic acids is 1. The van der Waals surface area contributed by atoms with Crippen molar-refractivity contribution in [3.63, 3.8) is 0 Å². The summed E-state index contributed by atoms with van der Waals surface area (Å²) >= 11 is 0. The van der Waals surface area contributed by atoms with Gasteiger partial charge in [-0.1, -0.05) is 19.9 Å². The Hall–Kier alpha value is -2.83. The Kier molecular flexibility index (Phi) is 4.24. The zero-order valence-corrected chi connectivity index (χ0v) is 13.7. The Morgan fingerprint density at radius 3 is 2.75 bits per heavy atom. The molecule has 3 aromatic rings. The van der Waals surface area contributed by atoms with Gasteiger partial charge in [0.05, 0.1) is 17.5 Å². The number of hydrogen-bond donors (Lipinski definition) is 1. The van der Waals surface area contributed by atoms with Gasteiger partial charge in [-0.05, 0) is 25.0 Å². The molecule has 0 aliphatic heterocycles. The number of carbonyl (C=O) groups is 1. The van der Waals surface area contributed by atoms with Crippen LogP contribution in [0.3, 0.4) is 0 Å². The number of nitrogens with zero attached hydrogens (tertiary/aromatic N) is 3. The first-order valence-electron chi connectivity index (χ1n) is 7.99. The number of ether oxygens (including phenoxy) is 1. The van der Waals surface area contributed by atoms with Crippen LogP contribution in [-0.2, 0) is 6.54 Å². The summed E-state index contributed by atoms with van der Waals surface area (Å²) in [5.74, 6) is -0.534. The third-order valence-corrected chi connectivity index (χ3v) is 3.79. The summed E-state index contributed by atoms with van der Waals surface area (Å²) in [6, 6.07) is 6.73. The molecule has 0 atom stereocenters. The van der Waals surface area contributed by atoms with E-state index in [4.69, 9.17) is 4.74 Å². The fraction of sp³-hybridized carbons (Fsp3) is 0.353. The first-order chi connectivity index (χ1) is 11.6. The molecule has 2 heterocycles. The molecule has 0 aliphatic carbocycles. The van der Waals surface area contributed by atoms with E-state index in [1.807, 2.05) is 24.5 Å². The van der Waals surface area contributed by atoms with Crippen LogP contribution in [0, 0.1) is 0 Å². The summed E-state index contributed by atoms with van der Waals surface area (Å²) < 4.78 is 8.87. The number of hydrogen-bond acceptors (Lipinski definition) is 4. The third kappa shape index (κ3) is 2.51. The molecule has 126 valence electrons. The van der Waals surface area contributed by atoms with E-state index in [9.17, 15) is 14.7 Å². The van der Waals surface area contributed by atoms with Crippen molar-refractivity contribution in [1.82, 2.24) is 14.2 Å². The van der Waals surface area contributed by atoms with Crippen molar-refractivity contribution in [1.29, 1.82) is 0 Å². The standard InChI is InChI=1S/C17H19N3O4/c1-3-8-19-14-10-12(17(22)23)18-20(14)16(21)11-6-5-7-13(15(11)19)24-9-4-2/h5-7,10H,3-4,8-9H2,1-2H3,(H,22,23).